The van der Waals surface area contributed by atoms with Crippen LogP contribution in [-0.2, 0) is 0 Å². The number of nitrogens with one attached hydrogen (secondary N) is 1. The molecule has 0 spiro atoms. The Labute approximate surface area is 289 Å². The van der Waals surface area contributed by atoms with Gasteiger partial charge < -0.3 is 19.1 Å². The van der Waals surface area contributed by atoms with Crippen molar-refractivity contribution in [2.75, 3.05) is 11.9 Å². The number of rotatable bonds is 7. The normalized spacial score (nSPS) is 11.7. The zero-order valence-corrected chi connectivity index (χ0v) is 27.4. The van der Waals surface area contributed by atoms with Gasteiger partial charge in [-0.05, 0) is 89.0 Å². The van der Waals surface area contributed by atoms with Crippen LogP contribution in [0.5, 0.6) is 0 Å². The first-order chi connectivity index (χ1) is 24.6. The molecular formula is C46H32N2O2. The molecule has 50 heavy (non-hydrogen) atoms. The van der Waals surface area contributed by atoms with Gasteiger partial charge in [0.15, 0.2) is 0 Å². The van der Waals surface area contributed by atoms with E-state index in [1.165, 1.54) is 5.56 Å². The van der Waals surface area contributed by atoms with Crippen LogP contribution in [0.1, 0.15) is 11.1 Å². The third-order valence-corrected chi connectivity index (χ3v) is 9.53. The quantitative estimate of drug-likeness (QED) is 0.176. The highest BCUT2D eigenvalue weighted by Gasteiger charge is 2.17. The van der Waals surface area contributed by atoms with Crippen molar-refractivity contribution in [2.45, 2.75) is 0 Å². The van der Waals surface area contributed by atoms with Gasteiger partial charge in [0, 0.05) is 57.2 Å². The summed E-state index contributed by atoms with van der Waals surface area (Å²) in [5, 5.41) is 12.8. The number of nitrogens with zero attached hydrogens (tertiary/aromatic N) is 1. The van der Waals surface area contributed by atoms with Gasteiger partial charge in [-0.1, -0.05) is 97.1 Å². The molecule has 4 nitrogen and oxygen atoms in total. The molecular weight excluding hydrogens is 613 g/mol. The molecule has 0 unspecified atom stereocenters. The summed E-state index contributed by atoms with van der Waals surface area (Å²) in [5.74, 6) is 0. The molecule has 4 heteroatoms. The fourth-order valence-electron chi connectivity index (χ4n) is 6.88. The lowest BCUT2D eigenvalue weighted by atomic mass is 9.95. The minimum absolute atomic E-state index is 0.445. The standard InChI is InChI=1S/C46H32N2O2/c1-48(35-15-9-4-10-16-35)42-22-18-32(25-36(42)31-13-7-3-8-14-31)33-19-23-43-37(26-33)39-28-40-38-27-34(41(47)21-17-30-11-5-2-6-12-30)20-24-44(38)50-46(40)29-45(39)49-43/h2-29,47H,1H3/b21-17+,47-41?. The summed E-state index contributed by atoms with van der Waals surface area (Å²) in [5.41, 5.74) is 12.4. The zero-order valence-electron chi connectivity index (χ0n) is 27.4. The maximum atomic E-state index is 8.75. The molecule has 0 saturated carbocycles. The van der Waals surface area contributed by atoms with Gasteiger partial charge in [-0.3, -0.25) is 0 Å². The van der Waals surface area contributed by atoms with Gasteiger partial charge in [0.1, 0.15) is 22.3 Å². The first-order valence-corrected chi connectivity index (χ1v) is 16.7. The second-order valence-corrected chi connectivity index (χ2v) is 12.6. The highest BCUT2D eigenvalue weighted by Crippen LogP contribution is 2.41. The van der Waals surface area contributed by atoms with Crippen molar-refractivity contribution in [3.8, 4) is 22.3 Å². The summed E-state index contributed by atoms with van der Waals surface area (Å²) in [7, 11) is 2.12. The minimum atomic E-state index is 0.445. The number of anilines is 2. The molecule has 9 aromatic rings. The Morgan fingerprint density at radius 2 is 1.10 bits per heavy atom. The predicted molar refractivity (Wildman–Crippen MR) is 209 cm³/mol. The molecule has 0 atom stereocenters. The SMILES string of the molecule is CN(c1ccccc1)c1ccc(-c2ccc3oc4cc5oc6ccc(C(=N)/C=C/c7ccccc7)cc6c5cc4c3c2)cc1-c1ccccc1. The van der Waals surface area contributed by atoms with Gasteiger partial charge in [0.25, 0.3) is 0 Å². The summed E-state index contributed by atoms with van der Waals surface area (Å²) in [6.07, 6.45) is 3.81. The van der Waals surface area contributed by atoms with Crippen LogP contribution in [0, 0.1) is 5.41 Å². The third-order valence-electron chi connectivity index (χ3n) is 9.53. The molecule has 2 aromatic heterocycles. The monoisotopic (exact) mass is 644 g/mol. The predicted octanol–water partition coefficient (Wildman–Crippen LogP) is 12.7. The van der Waals surface area contributed by atoms with E-state index < -0.39 is 0 Å². The number of fused-ring (bicyclic) bond motifs is 6. The smallest absolute Gasteiger partial charge is 0.139 e. The number of para-hydroxylation sites is 1. The molecule has 7 aromatic carbocycles. The van der Waals surface area contributed by atoms with Gasteiger partial charge in [-0.15, -0.1) is 0 Å². The third kappa shape index (κ3) is 5.24. The van der Waals surface area contributed by atoms with E-state index in [-0.39, 0.29) is 0 Å². The first-order valence-electron chi connectivity index (χ1n) is 16.7. The molecule has 0 amide bonds. The van der Waals surface area contributed by atoms with Crippen LogP contribution >= 0.6 is 0 Å². The summed E-state index contributed by atoms with van der Waals surface area (Å²) >= 11 is 0. The maximum absolute atomic E-state index is 8.75. The highest BCUT2D eigenvalue weighted by molar-refractivity contribution is 6.17. The van der Waals surface area contributed by atoms with E-state index in [0.29, 0.717) is 5.71 Å². The molecule has 0 aliphatic carbocycles. The van der Waals surface area contributed by atoms with E-state index in [1.807, 2.05) is 66.7 Å². The number of hydrogen-bond donors (Lipinski definition) is 1. The summed E-state index contributed by atoms with van der Waals surface area (Å²) in [6.45, 7) is 0. The summed E-state index contributed by atoms with van der Waals surface area (Å²) < 4.78 is 12.6. The Morgan fingerprint density at radius 1 is 0.520 bits per heavy atom. The Bertz CT molecular complexity index is 2720. The number of hydrogen-bond acceptors (Lipinski definition) is 4. The second-order valence-electron chi connectivity index (χ2n) is 12.6. The van der Waals surface area contributed by atoms with Crippen LogP contribution in [0.4, 0.5) is 11.4 Å². The summed E-state index contributed by atoms with van der Waals surface area (Å²) in [6, 6.07) is 54.3. The summed E-state index contributed by atoms with van der Waals surface area (Å²) in [4.78, 5) is 2.24. The molecule has 9 rings (SSSR count). The minimum Gasteiger partial charge on any atom is -0.456 e. The lowest BCUT2D eigenvalue weighted by Gasteiger charge is -2.23. The van der Waals surface area contributed by atoms with Crippen LogP contribution < -0.4 is 4.90 Å². The number of furan rings is 2. The Kier molecular flexibility index (Phi) is 7.14. The fraction of sp³-hybridized carbons (Fsp3) is 0.0217. The molecule has 0 radical (unpaired) electrons. The number of benzene rings is 7. The first kappa shape index (κ1) is 29.5. The van der Waals surface area contributed by atoms with Crippen molar-refractivity contribution in [2.24, 2.45) is 0 Å². The van der Waals surface area contributed by atoms with E-state index in [9.17, 15) is 0 Å². The van der Waals surface area contributed by atoms with Gasteiger partial charge in [-0.2, -0.15) is 0 Å². The van der Waals surface area contributed by atoms with E-state index in [4.69, 9.17) is 14.2 Å². The lowest BCUT2D eigenvalue weighted by molar-refractivity contribution is 0.656. The van der Waals surface area contributed by atoms with Crippen molar-refractivity contribution >= 4 is 67.0 Å². The second kappa shape index (κ2) is 12.1. The lowest BCUT2D eigenvalue weighted by Crippen LogP contribution is -2.10. The van der Waals surface area contributed by atoms with Crippen molar-refractivity contribution < 1.29 is 8.83 Å². The van der Waals surface area contributed by atoms with Gasteiger partial charge in [0.2, 0.25) is 0 Å². The van der Waals surface area contributed by atoms with Gasteiger partial charge in [0.05, 0.1) is 5.71 Å². The molecule has 0 bridgehead atoms. The molecule has 0 aliphatic rings. The average molecular weight is 645 g/mol. The molecule has 0 fully saturated rings. The molecule has 1 N–H and O–H groups in total. The maximum Gasteiger partial charge on any atom is 0.139 e. The molecule has 0 aliphatic heterocycles. The highest BCUT2D eigenvalue weighted by atomic mass is 16.3. The Hall–Kier alpha value is -6.65. The van der Waals surface area contributed by atoms with Crippen LogP contribution in [-0.4, -0.2) is 12.8 Å². The van der Waals surface area contributed by atoms with Crippen LogP contribution in [0.3, 0.4) is 0 Å². The van der Waals surface area contributed by atoms with Gasteiger partial charge >= 0.3 is 0 Å². The van der Waals surface area contributed by atoms with Crippen molar-refractivity contribution in [3.63, 3.8) is 0 Å². The van der Waals surface area contributed by atoms with Crippen LogP contribution in [0.15, 0.2) is 173 Å². The Morgan fingerprint density at radius 3 is 1.82 bits per heavy atom. The topological polar surface area (TPSA) is 53.4 Å². The van der Waals surface area contributed by atoms with E-state index >= 15 is 0 Å². The van der Waals surface area contributed by atoms with Crippen molar-refractivity contribution in [1.29, 1.82) is 5.41 Å². The molecule has 2 heterocycles. The number of allylic oxidation sites excluding steroid dienone is 1. The van der Waals surface area contributed by atoms with Crippen molar-refractivity contribution in [3.05, 3.63) is 175 Å². The Balaban J connectivity index is 1.13. The zero-order chi connectivity index (χ0) is 33.6. The molecule has 0 saturated heterocycles. The largest absolute Gasteiger partial charge is 0.456 e. The fourth-order valence-corrected chi connectivity index (χ4v) is 6.88. The average Bonchev–Trinajstić information content (AvgIpc) is 3.72. The van der Waals surface area contributed by atoms with E-state index in [2.05, 4.69) is 115 Å². The molecule has 238 valence electrons. The van der Waals surface area contributed by atoms with Gasteiger partial charge in [-0.25, -0.2) is 0 Å². The van der Waals surface area contributed by atoms with Crippen LogP contribution in [0.2, 0.25) is 0 Å². The van der Waals surface area contributed by atoms with Crippen molar-refractivity contribution in [1.82, 2.24) is 0 Å². The van der Waals surface area contributed by atoms with E-state index in [0.717, 1.165) is 83.1 Å². The van der Waals surface area contributed by atoms with E-state index in [1.54, 1.807) is 0 Å². The van der Waals surface area contributed by atoms with Crippen LogP contribution in [0.25, 0.3) is 72.2 Å².